The second kappa shape index (κ2) is 17.9. The highest BCUT2D eigenvalue weighted by atomic mass is 32.2. The van der Waals surface area contributed by atoms with Crippen molar-refractivity contribution in [3.05, 3.63) is 190 Å². The minimum Gasteiger partial charge on any atom is -0.506 e. The average Bonchev–Trinajstić information content (AvgIpc) is 3.86. The lowest BCUT2D eigenvalue weighted by Crippen LogP contribution is -2.45. The molecule has 1 spiro atoms. The molecule has 4 aliphatic rings. The summed E-state index contributed by atoms with van der Waals surface area (Å²) < 4.78 is 75.8. The number of rotatable bonds is 15. The van der Waals surface area contributed by atoms with E-state index in [-0.39, 0.29) is 60.2 Å². The lowest BCUT2D eigenvalue weighted by Gasteiger charge is -2.41. The van der Waals surface area contributed by atoms with Crippen LogP contribution >= 0.6 is 0 Å². The molecule has 1 heterocycles. The second-order valence-corrected chi connectivity index (χ2v) is 22.9. The van der Waals surface area contributed by atoms with Gasteiger partial charge in [0.1, 0.15) is 17.3 Å². The van der Waals surface area contributed by atoms with E-state index in [9.17, 15) is 35.8 Å². The molecule has 6 N–H and O–H groups in total. The van der Waals surface area contributed by atoms with Crippen molar-refractivity contribution >= 4 is 82.4 Å². The number of allylic oxidation sites excluding steroid dienone is 2. The number of anilines is 3. The number of aliphatic hydroxyl groups is 1. The zero-order chi connectivity index (χ0) is 52.0. The van der Waals surface area contributed by atoms with Crippen molar-refractivity contribution in [3.63, 3.8) is 0 Å². The van der Waals surface area contributed by atoms with E-state index in [1.54, 1.807) is 0 Å². The van der Waals surface area contributed by atoms with Crippen molar-refractivity contribution in [2.24, 2.45) is 0 Å². The first kappa shape index (κ1) is 48.0. The number of unbranched alkanes of at least 4 members (excludes halogenated alkanes) is 2. The van der Waals surface area contributed by atoms with Gasteiger partial charge in [0.2, 0.25) is 5.78 Å². The lowest BCUT2D eigenvalue weighted by molar-refractivity contribution is -0.109. The van der Waals surface area contributed by atoms with Crippen LogP contribution in [-0.2, 0) is 36.2 Å². The Morgan fingerprint density at radius 3 is 1.80 bits per heavy atom. The van der Waals surface area contributed by atoms with E-state index in [0.29, 0.717) is 46.0 Å². The molecule has 0 radical (unpaired) electrons. The molecule has 0 amide bonds. The Kier molecular flexibility index (Phi) is 11.4. The molecular formula is C60H51N3O10S2. The van der Waals surface area contributed by atoms with Gasteiger partial charge in [0, 0.05) is 38.8 Å². The van der Waals surface area contributed by atoms with Gasteiger partial charge in [0.25, 0.3) is 20.2 Å². The third-order valence-electron chi connectivity index (χ3n) is 15.1. The monoisotopic (exact) mass is 1040 g/mol. The fourth-order valence-corrected chi connectivity index (χ4v) is 12.8. The fourth-order valence-electron chi connectivity index (χ4n) is 11.7. The van der Waals surface area contributed by atoms with Crippen molar-refractivity contribution in [2.45, 2.75) is 43.8 Å². The highest BCUT2D eigenvalue weighted by Crippen LogP contribution is 2.56. The van der Waals surface area contributed by atoms with Gasteiger partial charge in [-0.05, 0) is 124 Å². The van der Waals surface area contributed by atoms with Gasteiger partial charge < -0.3 is 30.5 Å². The van der Waals surface area contributed by atoms with Crippen LogP contribution in [0.25, 0.3) is 61.5 Å². The van der Waals surface area contributed by atoms with Crippen LogP contribution in [0.2, 0.25) is 0 Å². The predicted octanol–water partition coefficient (Wildman–Crippen LogP) is 10.3. The van der Waals surface area contributed by atoms with Crippen molar-refractivity contribution in [1.29, 1.82) is 0 Å². The summed E-state index contributed by atoms with van der Waals surface area (Å²) in [5, 5.41) is 28.5. The topological polar surface area (TPSA) is 201 Å². The number of aliphatic hydroxyl groups excluding tert-OH is 1. The molecule has 0 aromatic heterocycles. The number of Topliss-reactive ketones (excluding diaryl/α,β-unsaturated/α-hetero) is 1. The molecule has 8 aromatic carbocycles. The third kappa shape index (κ3) is 8.09. The number of nitrogens with one attached hydrogen (secondary N) is 3. The minimum atomic E-state index is -4.07. The summed E-state index contributed by atoms with van der Waals surface area (Å²) in [4.78, 5) is 14.9. The molecular weight excluding hydrogens is 987 g/mol. The number of hydrogen-bond donors (Lipinski definition) is 6. The van der Waals surface area contributed by atoms with Crippen LogP contribution in [0.4, 0.5) is 17.1 Å². The molecule has 8 aromatic rings. The molecule has 1 aliphatic heterocycles. The largest absolute Gasteiger partial charge is 0.506 e. The maximum absolute atomic E-state index is 14.9. The van der Waals surface area contributed by atoms with Crippen molar-refractivity contribution in [1.82, 2.24) is 0 Å². The summed E-state index contributed by atoms with van der Waals surface area (Å²) in [5.74, 6) is 0.0806. The Bertz CT molecular complexity index is 4160. The highest BCUT2D eigenvalue weighted by Gasteiger charge is 2.48. The molecule has 75 heavy (non-hydrogen) atoms. The zero-order valence-electron chi connectivity index (χ0n) is 40.7. The lowest BCUT2D eigenvalue weighted by atomic mass is 9.79. The van der Waals surface area contributed by atoms with Gasteiger partial charge in [0.05, 0.1) is 47.1 Å². The van der Waals surface area contributed by atoms with Gasteiger partial charge in [-0.2, -0.15) is 16.8 Å². The maximum atomic E-state index is 14.9. The molecule has 0 fully saturated rings. The van der Waals surface area contributed by atoms with Gasteiger partial charge in [-0.3, -0.25) is 13.9 Å². The number of carbonyl (C=O) groups is 1. The van der Waals surface area contributed by atoms with Gasteiger partial charge >= 0.3 is 0 Å². The molecule has 0 saturated carbocycles. The number of hydrogen-bond acceptors (Lipinski definition) is 11. The van der Waals surface area contributed by atoms with E-state index < -0.39 is 31.4 Å². The Morgan fingerprint density at radius 1 is 0.573 bits per heavy atom. The summed E-state index contributed by atoms with van der Waals surface area (Å²) in [5.41, 5.74) is 9.31. The van der Waals surface area contributed by atoms with Gasteiger partial charge in [-0.15, -0.1) is 0 Å². The van der Waals surface area contributed by atoms with Crippen LogP contribution in [0.1, 0.15) is 60.4 Å². The number of carbonyl (C=O) groups excluding carboxylic acids is 1. The first-order valence-corrected chi connectivity index (χ1v) is 28.0. The van der Waals surface area contributed by atoms with Crippen molar-refractivity contribution in [3.8, 4) is 33.8 Å². The molecule has 0 bridgehead atoms. The molecule has 378 valence electrons. The summed E-state index contributed by atoms with van der Waals surface area (Å²) in [6.07, 6.45) is 1.39. The molecule has 13 nitrogen and oxygen atoms in total. The Hall–Kier alpha value is -7.95. The standard InChI is InChI=1S/C60H51N3O10S2/c1-35-40(25-21-36-13-11-19-50(52(35)36)61-59(2)46-17-5-3-15-41(46)43-27-23-38(33-48(43)59)72-29-7-9-31-74(66,67)68)54-57(64)55(58(54)65)45-26-22-37-14-12-20-51-53(37)56(45)63-60(62-51)47-18-6-4-16-42(47)44-28-24-39(34-49(44)60)73-30-8-10-32-75(69,70)71/h3-6,11-28,33-34,61-64H,1,7-10,29-32H2,2H3,(H,66,67,68)(H,69,70,71)/b54-40-. The fraction of sp³-hybridized carbons (Fsp3) is 0.183. The summed E-state index contributed by atoms with van der Waals surface area (Å²) in [6.45, 7) is 7.23. The van der Waals surface area contributed by atoms with E-state index in [2.05, 4.69) is 53.7 Å². The van der Waals surface area contributed by atoms with Crippen LogP contribution in [0.5, 0.6) is 11.5 Å². The average molecular weight is 1040 g/mol. The molecule has 0 saturated heterocycles. The van der Waals surface area contributed by atoms with E-state index in [0.717, 1.165) is 77.4 Å². The van der Waals surface area contributed by atoms with Crippen molar-refractivity contribution < 1.29 is 45.3 Å². The number of benzene rings is 8. The van der Waals surface area contributed by atoms with E-state index in [1.807, 2.05) is 121 Å². The third-order valence-corrected chi connectivity index (χ3v) is 16.7. The molecule has 2 atom stereocenters. The Balaban J connectivity index is 0.917. The second-order valence-electron chi connectivity index (χ2n) is 19.8. The normalized spacial score (nSPS) is 18.7. The van der Waals surface area contributed by atoms with Gasteiger partial charge in [-0.25, -0.2) is 0 Å². The summed E-state index contributed by atoms with van der Waals surface area (Å²) >= 11 is 0. The zero-order valence-corrected chi connectivity index (χ0v) is 42.4. The molecule has 2 unspecified atom stereocenters. The molecule has 15 heteroatoms. The summed E-state index contributed by atoms with van der Waals surface area (Å²) in [7, 11) is -8.13. The Morgan fingerprint density at radius 2 is 1.13 bits per heavy atom. The van der Waals surface area contributed by atoms with Crippen LogP contribution < -0.4 is 35.9 Å². The van der Waals surface area contributed by atoms with Crippen LogP contribution in [-0.4, -0.2) is 61.6 Å². The van der Waals surface area contributed by atoms with Gasteiger partial charge in [0.15, 0.2) is 5.66 Å². The molecule has 3 aliphatic carbocycles. The first-order chi connectivity index (χ1) is 36.0. The first-order valence-electron chi connectivity index (χ1n) is 24.8. The van der Waals surface area contributed by atoms with Crippen molar-refractivity contribution in [2.75, 3.05) is 40.7 Å². The van der Waals surface area contributed by atoms with Gasteiger partial charge in [-0.1, -0.05) is 116 Å². The van der Waals surface area contributed by atoms with E-state index in [4.69, 9.17) is 9.47 Å². The number of ketones is 1. The molecule has 12 rings (SSSR count). The smallest absolute Gasteiger partial charge is 0.264 e. The Labute approximate surface area is 433 Å². The maximum Gasteiger partial charge on any atom is 0.264 e. The highest BCUT2D eigenvalue weighted by molar-refractivity contribution is 7.86. The number of ether oxygens (including phenoxy) is 2. The quantitative estimate of drug-likeness (QED) is 0.0419. The van der Waals surface area contributed by atoms with Crippen LogP contribution in [0.15, 0.2) is 151 Å². The number of fused-ring (bicyclic) bond motifs is 9. The summed E-state index contributed by atoms with van der Waals surface area (Å²) in [6, 6.07) is 47.7. The minimum absolute atomic E-state index is 0.134. The van der Waals surface area contributed by atoms with E-state index >= 15 is 0 Å². The SMILES string of the molecule is C=c1/c(=C2\C(=O)C(c3ccc4cccc5c4c3NC3(N5)c4ccccc4-c4ccc(OCCCCS(=O)(=O)O)cc43)=C2O)ccc2cccc(NC3(C)c4ccccc4-c4ccc(OCCCCS(=O)(=O)O)cc43)c12. The van der Waals surface area contributed by atoms with Crippen LogP contribution in [0, 0.1) is 0 Å². The predicted molar refractivity (Wildman–Crippen MR) is 295 cm³/mol. The van der Waals surface area contributed by atoms with E-state index in [1.165, 1.54) is 0 Å². The van der Waals surface area contributed by atoms with Crippen LogP contribution in [0.3, 0.4) is 0 Å².